The Labute approximate surface area is 84.9 Å². The van der Waals surface area contributed by atoms with Crippen LogP contribution in [0.5, 0.6) is 0 Å². The summed E-state index contributed by atoms with van der Waals surface area (Å²) in [6.45, 7) is 5.74. The van der Waals surface area contributed by atoms with Gasteiger partial charge >= 0.3 is 6.03 Å². The highest BCUT2D eigenvalue weighted by Crippen LogP contribution is 1.95. The highest BCUT2D eigenvalue weighted by atomic mass is 16.2. The Bertz CT molecular complexity index is 203. The predicted octanol–water partition coefficient (Wildman–Crippen LogP) is 0.799. The van der Waals surface area contributed by atoms with Crippen LogP contribution in [0.15, 0.2) is 0 Å². The topological polar surface area (TPSA) is 91.0 Å². The average molecular weight is 200 g/mol. The smallest absolute Gasteiger partial charge is 0.315 e. The second-order valence-electron chi connectivity index (χ2n) is 3.57. The first-order valence-electron chi connectivity index (χ1n) is 4.88. The van der Waals surface area contributed by atoms with E-state index in [9.17, 15) is 4.79 Å². The minimum absolute atomic E-state index is 0.00533. The Morgan fingerprint density at radius 3 is 2.36 bits per heavy atom. The lowest BCUT2D eigenvalue weighted by Crippen LogP contribution is -2.49. The molecule has 0 heterocycles. The summed E-state index contributed by atoms with van der Waals surface area (Å²) in [7, 11) is 0. The number of carbonyl (C=O) groups excluding carboxylic acids is 1. The van der Waals surface area contributed by atoms with Crippen molar-refractivity contribution in [2.45, 2.75) is 45.7 Å². The van der Waals surface area contributed by atoms with E-state index in [1.165, 1.54) is 0 Å². The molecule has 0 fully saturated rings. The van der Waals surface area contributed by atoms with Crippen molar-refractivity contribution >= 4 is 11.9 Å². The van der Waals surface area contributed by atoms with Crippen LogP contribution >= 0.6 is 0 Å². The molecule has 2 amide bonds. The van der Waals surface area contributed by atoms with E-state index in [4.69, 9.17) is 11.1 Å². The minimum atomic E-state index is -0.348. The third kappa shape index (κ3) is 5.40. The number of nitrogens with two attached hydrogens (primary N) is 1. The van der Waals surface area contributed by atoms with Crippen LogP contribution in [-0.4, -0.2) is 24.0 Å². The first-order chi connectivity index (χ1) is 6.47. The molecule has 0 aromatic rings. The summed E-state index contributed by atoms with van der Waals surface area (Å²) in [5.41, 5.74) is 5.34. The Kier molecular flexibility index (Phi) is 5.67. The number of carbonyl (C=O) groups is 1. The molecule has 0 bridgehead atoms. The number of rotatable bonds is 5. The second kappa shape index (κ2) is 6.23. The van der Waals surface area contributed by atoms with Crippen LogP contribution in [0.4, 0.5) is 4.79 Å². The molecule has 0 aliphatic carbocycles. The fourth-order valence-electron chi connectivity index (χ4n) is 1.06. The molecule has 0 aliphatic heterocycles. The van der Waals surface area contributed by atoms with E-state index in [1.807, 2.05) is 20.8 Å². The number of urea groups is 1. The van der Waals surface area contributed by atoms with Crippen molar-refractivity contribution in [3.8, 4) is 0 Å². The van der Waals surface area contributed by atoms with Gasteiger partial charge in [0.05, 0.1) is 6.04 Å². The molecular formula is C9H20N4O. The van der Waals surface area contributed by atoms with Crippen molar-refractivity contribution in [3.63, 3.8) is 0 Å². The van der Waals surface area contributed by atoms with Gasteiger partial charge in [-0.1, -0.05) is 13.3 Å². The maximum atomic E-state index is 11.3. The molecule has 0 aliphatic rings. The third-order valence-electron chi connectivity index (χ3n) is 1.68. The van der Waals surface area contributed by atoms with Gasteiger partial charge < -0.3 is 16.4 Å². The Hall–Kier alpha value is -1.26. The van der Waals surface area contributed by atoms with E-state index in [2.05, 4.69) is 10.6 Å². The van der Waals surface area contributed by atoms with E-state index in [0.717, 1.165) is 6.42 Å². The zero-order valence-electron chi connectivity index (χ0n) is 9.05. The molecule has 1 unspecified atom stereocenters. The molecule has 5 heteroatoms. The lowest BCUT2D eigenvalue weighted by Gasteiger charge is -2.18. The minimum Gasteiger partial charge on any atom is -0.386 e. The van der Waals surface area contributed by atoms with Gasteiger partial charge in [-0.2, -0.15) is 0 Å². The van der Waals surface area contributed by atoms with Gasteiger partial charge in [0.15, 0.2) is 0 Å². The molecule has 0 rings (SSSR count). The summed E-state index contributed by atoms with van der Waals surface area (Å²) in [5, 5.41) is 12.6. The number of hydrogen-bond donors (Lipinski definition) is 4. The first kappa shape index (κ1) is 12.7. The van der Waals surface area contributed by atoms with E-state index in [-0.39, 0.29) is 24.0 Å². The predicted molar refractivity (Wildman–Crippen MR) is 57.4 cm³/mol. The summed E-state index contributed by atoms with van der Waals surface area (Å²) < 4.78 is 0. The molecule has 0 aromatic heterocycles. The van der Waals surface area contributed by atoms with Crippen molar-refractivity contribution < 1.29 is 4.79 Å². The van der Waals surface area contributed by atoms with Gasteiger partial charge in [0.25, 0.3) is 0 Å². The van der Waals surface area contributed by atoms with Gasteiger partial charge in [-0.3, -0.25) is 5.41 Å². The summed E-state index contributed by atoms with van der Waals surface area (Å²) >= 11 is 0. The van der Waals surface area contributed by atoms with Gasteiger partial charge in [0, 0.05) is 6.04 Å². The number of amidine groups is 1. The third-order valence-corrected chi connectivity index (χ3v) is 1.68. The Balaban J connectivity index is 4.02. The zero-order valence-corrected chi connectivity index (χ0v) is 9.05. The van der Waals surface area contributed by atoms with Crippen molar-refractivity contribution in [1.29, 1.82) is 5.41 Å². The number of amides is 2. The monoisotopic (exact) mass is 200 g/mol. The molecular weight excluding hydrogens is 180 g/mol. The summed E-state index contributed by atoms with van der Waals surface area (Å²) in [4.78, 5) is 11.3. The van der Waals surface area contributed by atoms with Crippen molar-refractivity contribution in [2.24, 2.45) is 5.73 Å². The van der Waals surface area contributed by atoms with Crippen LogP contribution in [0.1, 0.15) is 33.6 Å². The average Bonchev–Trinajstić information content (AvgIpc) is 2.01. The van der Waals surface area contributed by atoms with E-state index >= 15 is 0 Å². The van der Waals surface area contributed by atoms with Crippen molar-refractivity contribution in [3.05, 3.63) is 0 Å². The largest absolute Gasteiger partial charge is 0.386 e. The fourth-order valence-corrected chi connectivity index (χ4v) is 1.06. The van der Waals surface area contributed by atoms with Gasteiger partial charge in [-0.25, -0.2) is 4.79 Å². The van der Waals surface area contributed by atoms with Crippen LogP contribution in [0.25, 0.3) is 0 Å². The van der Waals surface area contributed by atoms with Gasteiger partial charge in [-0.05, 0) is 20.3 Å². The molecule has 0 saturated heterocycles. The SMILES string of the molecule is CCCC(NC(=O)NC(C)C)C(=N)N. The maximum Gasteiger partial charge on any atom is 0.315 e. The van der Waals surface area contributed by atoms with Crippen molar-refractivity contribution in [2.75, 3.05) is 0 Å². The van der Waals surface area contributed by atoms with Crippen LogP contribution < -0.4 is 16.4 Å². The lowest BCUT2D eigenvalue weighted by molar-refractivity contribution is 0.236. The van der Waals surface area contributed by atoms with Gasteiger partial charge in [0.2, 0.25) is 0 Å². The maximum absolute atomic E-state index is 11.3. The quantitative estimate of drug-likeness (QED) is 0.390. The van der Waals surface area contributed by atoms with Crippen molar-refractivity contribution in [1.82, 2.24) is 10.6 Å². The van der Waals surface area contributed by atoms with E-state index < -0.39 is 0 Å². The van der Waals surface area contributed by atoms with E-state index in [1.54, 1.807) is 0 Å². The molecule has 14 heavy (non-hydrogen) atoms. The molecule has 5 nitrogen and oxygen atoms in total. The Morgan fingerprint density at radius 2 is 2.00 bits per heavy atom. The first-order valence-corrected chi connectivity index (χ1v) is 4.88. The standard InChI is InChI=1S/C9H20N4O/c1-4-5-7(8(10)11)13-9(14)12-6(2)3/h6-7H,4-5H2,1-3H3,(H3,10,11)(H2,12,13,14). The summed E-state index contributed by atoms with van der Waals surface area (Å²) in [6.07, 6.45) is 1.58. The molecule has 0 radical (unpaired) electrons. The van der Waals surface area contributed by atoms with E-state index in [0.29, 0.717) is 6.42 Å². The molecule has 5 N–H and O–H groups in total. The molecule has 0 saturated carbocycles. The molecule has 0 aromatic carbocycles. The van der Waals surface area contributed by atoms with Gasteiger partial charge in [-0.15, -0.1) is 0 Å². The van der Waals surface area contributed by atoms with Crippen LogP contribution in [-0.2, 0) is 0 Å². The highest BCUT2D eigenvalue weighted by molar-refractivity contribution is 5.87. The van der Waals surface area contributed by atoms with Gasteiger partial charge in [0.1, 0.15) is 5.84 Å². The molecule has 0 spiro atoms. The van der Waals surface area contributed by atoms with Crippen LogP contribution in [0.2, 0.25) is 0 Å². The second-order valence-corrected chi connectivity index (χ2v) is 3.57. The highest BCUT2D eigenvalue weighted by Gasteiger charge is 2.13. The lowest BCUT2D eigenvalue weighted by atomic mass is 10.1. The number of nitrogens with one attached hydrogen (secondary N) is 3. The summed E-state index contributed by atoms with van der Waals surface area (Å²) in [6, 6.07) is -0.531. The summed E-state index contributed by atoms with van der Waals surface area (Å²) in [5.74, 6) is 0.00533. The molecule has 1 atom stereocenters. The Morgan fingerprint density at radius 1 is 1.43 bits per heavy atom. The number of hydrogen-bond acceptors (Lipinski definition) is 2. The fraction of sp³-hybridized carbons (Fsp3) is 0.778. The zero-order chi connectivity index (χ0) is 11.1. The molecule has 82 valence electrons. The van der Waals surface area contributed by atoms with Crippen LogP contribution in [0, 0.1) is 5.41 Å². The van der Waals surface area contributed by atoms with Crippen LogP contribution in [0.3, 0.4) is 0 Å². The normalized spacial score (nSPS) is 12.3.